The van der Waals surface area contributed by atoms with Crippen LogP contribution in [0.2, 0.25) is 0 Å². The van der Waals surface area contributed by atoms with Crippen LogP contribution in [0.5, 0.6) is 0 Å². The van der Waals surface area contributed by atoms with Gasteiger partial charge in [-0.25, -0.2) is 0 Å². The fraction of sp³-hybridized carbons (Fsp3) is 0.923. The number of hydrogen-bond donors (Lipinski definition) is 1. The van der Waals surface area contributed by atoms with Crippen molar-refractivity contribution in [3.63, 3.8) is 0 Å². The van der Waals surface area contributed by atoms with Gasteiger partial charge in [0.05, 0.1) is 21.1 Å². The second kappa shape index (κ2) is 7.38. The van der Waals surface area contributed by atoms with E-state index in [9.17, 15) is 22.9 Å². The summed E-state index contributed by atoms with van der Waals surface area (Å²) in [4.78, 5) is 9.11. The molecule has 0 heterocycles. The molecule has 20 heavy (non-hydrogen) atoms. The Morgan fingerprint density at radius 3 is 1.90 bits per heavy atom. The van der Waals surface area contributed by atoms with Crippen molar-refractivity contribution < 1.29 is 27.4 Å². The Hall–Kier alpha value is -0.660. The van der Waals surface area contributed by atoms with Crippen LogP contribution in [0.15, 0.2) is 0 Å². The van der Waals surface area contributed by atoms with Crippen LogP contribution < -0.4 is 5.11 Å². The standard InChI is InChI=1S/C13H27NO5S/c1-5-6-7-8-9-10-11-13(12(15)16,14(2,3)4)20(17,18)19/h5-11H2,1-4H3,(H-,15,16,17,18,19). The van der Waals surface area contributed by atoms with E-state index < -0.39 is 25.4 Å². The molecule has 0 amide bonds. The molecule has 0 aromatic rings. The monoisotopic (exact) mass is 309 g/mol. The number of hydrogen-bond acceptors (Lipinski definition) is 4. The van der Waals surface area contributed by atoms with Gasteiger partial charge in [0.1, 0.15) is 5.97 Å². The van der Waals surface area contributed by atoms with Crippen LogP contribution in [0, 0.1) is 0 Å². The van der Waals surface area contributed by atoms with E-state index in [2.05, 4.69) is 6.92 Å². The quantitative estimate of drug-likeness (QED) is 0.365. The van der Waals surface area contributed by atoms with Crippen LogP contribution in [-0.2, 0) is 14.9 Å². The lowest BCUT2D eigenvalue weighted by Gasteiger charge is -2.43. The van der Waals surface area contributed by atoms with Gasteiger partial charge in [-0.15, -0.1) is 0 Å². The maximum Gasteiger partial charge on any atom is 0.328 e. The smallest absolute Gasteiger partial charge is 0.328 e. The Labute approximate surface area is 122 Å². The molecule has 0 fully saturated rings. The van der Waals surface area contributed by atoms with Crippen molar-refractivity contribution in [2.24, 2.45) is 0 Å². The van der Waals surface area contributed by atoms with Crippen LogP contribution in [0.3, 0.4) is 0 Å². The van der Waals surface area contributed by atoms with Crippen LogP contribution in [-0.4, -0.2) is 49.4 Å². The Kier molecular flexibility index (Phi) is 7.13. The second-order valence-corrected chi connectivity index (χ2v) is 7.70. The molecule has 6 nitrogen and oxygen atoms in total. The van der Waals surface area contributed by atoms with Crippen LogP contribution >= 0.6 is 0 Å². The molecular formula is C13H27NO5S. The zero-order valence-corrected chi connectivity index (χ0v) is 13.7. The molecule has 0 bridgehead atoms. The summed E-state index contributed by atoms with van der Waals surface area (Å²) in [6.07, 6.45) is 5.21. The summed E-state index contributed by atoms with van der Waals surface area (Å²) in [7, 11) is -0.477. The average molecular weight is 309 g/mol. The highest BCUT2D eigenvalue weighted by Crippen LogP contribution is 2.31. The number of carboxylic acids is 1. The predicted molar refractivity (Wildman–Crippen MR) is 75.3 cm³/mol. The Morgan fingerprint density at radius 1 is 1.10 bits per heavy atom. The van der Waals surface area contributed by atoms with Crippen molar-refractivity contribution in [3.8, 4) is 0 Å². The molecule has 0 rings (SSSR count). The zero-order chi connectivity index (χ0) is 16.0. The number of aliphatic carboxylic acids is 1. The molecule has 120 valence electrons. The van der Waals surface area contributed by atoms with Crippen molar-refractivity contribution in [1.82, 2.24) is 0 Å². The fourth-order valence-electron chi connectivity index (χ4n) is 2.44. The van der Waals surface area contributed by atoms with E-state index in [0.29, 0.717) is 6.42 Å². The third-order valence-electron chi connectivity index (χ3n) is 3.70. The van der Waals surface area contributed by atoms with Gasteiger partial charge in [-0.05, 0) is 6.42 Å². The van der Waals surface area contributed by atoms with E-state index in [1.807, 2.05) is 0 Å². The number of carboxylic acid groups (broad SMARTS) is 1. The van der Waals surface area contributed by atoms with Gasteiger partial charge < -0.3 is 14.4 Å². The topological polar surface area (TPSA) is 94.5 Å². The number of carbonyl (C=O) groups excluding carboxylic acids is 1. The van der Waals surface area contributed by atoms with E-state index in [-0.39, 0.29) is 6.42 Å². The van der Waals surface area contributed by atoms with Gasteiger partial charge in [0.2, 0.25) is 0 Å². The molecule has 0 spiro atoms. The third kappa shape index (κ3) is 4.43. The first-order chi connectivity index (χ1) is 9.00. The van der Waals surface area contributed by atoms with Gasteiger partial charge in [-0.1, -0.05) is 39.0 Å². The number of unbranched alkanes of at least 4 members (excludes halogenated alkanes) is 5. The summed E-state index contributed by atoms with van der Waals surface area (Å²) >= 11 is 0. The van der Waals surface area contributed by atoms with Crippen molar-refractivity contribution in [2.45, 2.75) is 56.7 Å². The first-order valence-corrected chi connectivity index (χ1v) is 8.44. The maximum atomic E-state index is 11.6. The van der Waals surface area contributed by atoms with Crippen molar-refractivity contribution >= 4 is 16.1 Å². The van der Waals surface area contributed by atoms with Crippen LogP contribution in [0.1, 0.15) is 51.9 Å². The maximum absolute atomic E-state index is 11.6. The molecule has 0 saturated heterocycles. The molecule has 0 aliphatic carbocycles. The molecule has 1 unspecified atom stereocenters. The van der Waals surface area contributed by atoms with Crippen molar-refractivity contribution in [1.29, 1.82) is 0 Å². The largest absolute Gasteiger partial charge is 0.543 e. The van der Waals surface area contributed by atoms with E-state index in [1.165, 1.54) is 21.1 Å². The summed E-state index contributed by atoms with van der Waals surface area (Å²) in [6.45, 7) is 2.09. The minimum Gasteiger partial charge on any atom is -0.543 e. The minimum atomic E-state index is -4.77. The molecule has 1 N–H and O–H groups in total. The minimum absolute atomic E-state index is 0.149. The van der Waals surface area contributed by atoms with Crippen molar-refractivity contribution in [3.05, 3.63) is 0 Å². The molecule has 0 aromatic heterocycles. The van der Waals surface area contributed by atoms with Gasteiger partial charge in [0.25, 0.3) is 4.87 Å². The molecule has 0 saturated carbocycles. The Bertz CT molecular complexity index is 413. The third-order valence-corrected chi connectivity index (χ3v) is 5.47. The molecule has 0 radical (unpaired) electrons. The van der Waals surface area contributed by atoms with E-state index in [1.54, 1.807) is 0 Å². The SMILES string of the molecule is CCCCCCCCC(C(=O)[O-])([N+](C)(C)C)S(=O)(=O)O. The molecule has 1 atom stereocenters. The van der Waals surface area contributed by atoms with Gasteiger partial charge in [-0.3, -0.25) is 4.55 Å². The molecular weight excluding hydrogens is 282 g/mol. The molecule has 0 aromatic carbocycles. The second-order valence-electron chi connectivity index (χ2n) is 6.08. The van der Waals surface area contributed by atoms with Gasteiger partial charge in [0.15, 0.2) is 0 Å². The highest BCUT2D eigenvalue weighted by molar-refractivity contribution is 7.87. The highest BCUT2D eigenvalue weighted by Gasteiger charge is 2.55. The summed E-state index contributed by atoms with van der Waals surface area (Å²) in [5.41, 5.74) is 0. The first-order valence-electron chi connectivity index (χ1n) is 7.00. The first kappa shape index (κ1) is 19.3. The number of quaternary nitrogens is 1. The van der Waals surface area contributed by atoms with Crippen LogP contribution in [0.25, 0.3) is 0 Å². The normalized spacial score (nSPS) is 15.8. The van der Waals surface area contributed by atoms with Gasteiger partial charge in [0, 0.05) is 6.42 Å². The molecule has 0 aliphatic heterocycles. The molecule has 0 aliphatic rings. The lowest BCUT2D eigenvalue weighted by molar-refractivity contribution is -0.901. The molecule has 7 heteroatoms. The lowest BCUT2D eigenvalue weighted by Crippen LogP contribution is -2.69. The van der Waals surface area contributed by atoms with Gasteiger partial charge in [-0.2, -0.15) is 8.42 Å². The summed E-state index contributed by atoms with van der Waals surface area (Å²) < 4.78 is 32.2. The Balaban J connectivity index is 4.95. The van der Waals surface area contributed by atoms with E-state index in [4.69, 9.17) is 0 Å². The lowest BCUT2D eigenvalue weighted by atomic mass is 10.0. The summed E-state index contributed by atoms with van der Waals surface area (Å²) in [6, 6.07) is 0. The number of nitrogens with zero attached hydrogens (tertiary/aromatic N) is 1. The fourth-order valence-corrected chi connectivity index (χ4v) is 3.74. The summed E-state index contributed by atoms with van der Waals surface area (Å²) in [5, 5.41) is 11.4. The van der Waals surface area contributed by atoms with Crippen molar-refractivity contribution in [2.75, 3.05) is 21.1 Å². The predicted octanol–water partition coefficient (Wildman–Crippen LogP) is 0.777. The van der Waals surface area contributed by atoms with Crippen LogP contribution in [0.4, 0.5) is 0 Å². The highest BCUT2D eigenvalue weighted by atomic mass is 32.2. The Morgan fingerprint density at radius 2 is 1.55 bits per heavy atom. The zero-order valence-electron chi connectivity index (χ0n) is 12.9. The number of carbonyl (C=O) groups is 1. The number of rotatable bonds is 10. The average Bonchev–Trinajstić information content (AvgIpc) is 2.23. The van der Waals surface area contributed by atoms with Gasteiger partial charge >= 0.3 is 10.1 Å². The van der Waals surface area contributed by atoms with E-state index >= 15 is 0 Å². The number of likely N-dealkylation sites (N-methyl/N-ethyl adjacent to an activating group) is 1. The summed E-state index contributed by atoms with van der Waals surface area (Å²) in [5.74, 6) is -1.75. The van der Waals surface area contributed by atoms with E-state index in [0.717, 1.165) is 32.1 Å².